The normalized spacial score (nSPS) is 18.9. The van der Waals surface area contributed by atoms with E-state index in [1.165, 1.54) is 18.4 Å². The zero-order valence-corrected chi connectivity index (χ0v) is 12.9. The molecule has 1 aromatic carbocycles. The van der Waals surface area contributed by atoms with E-state index in [-0.39, 0.29) is 5.91 Å². The van der Waals surface area contributed by atoms with Crippen molar-refractivity contribution in [2.75, 3.05) is 19.6 Å². The van der Waals surface area contributed by atoms with Crippen molar-refractivity contribution in [2.45, 2.75) is 40.0 Å². The second-order valence-electron chi connectivity index (χ2n) is 6.03. The molecule has 1 aliphatic rings. The molecular formula is C17H26N2O. The van der Waals surface area contributed by atoms with Crippen molar-refractivity contribution in [3.8, 4) is 0 Å². The van der Waals surface area contributed by atoms with Crippen molar-refractivity contribution in [1.29, 1.82) is 0 Å². The third-order valence-electron chi connectivity index (χ3n) is 4.14. The summed E-state index contributed by atoms with van der Waals surface area (Å²) in [6.45, 7) is 9.11. The van der Waals surface area contributed by atoms with Crippen LogP contribution in [0.5, 0.6) is 0 Å². The molecule has 1 aromatic rings. The van der Waals surface area contributed by atoms with E-state index in [1.807, 2.05) is 13.8 Å². The van der Waals surface area contributed by atoms with Gasteiger partial charge in [-0.25, -0.2) is 0 Å². The molecule has 1 fully saturated rings. The highest BCUT2D eigenvalue weighted by atomic mass is 16.1. The Balaban J connectivity index is 1.88. The van der Waals surface area contributed by atoms with E-state index < -0.39 is 0 Å². The summed E-state index contributed by atoms with van der Waals surface area (Å²) >= 11 is 0. The van der Waals surface area contributed by atoms with Crippen LogP contribution in [0.2, 0.25) is 0 Å². The lowest BCUT2D eigenvalue weighted by molar-refractivity contribution is 0.0949. The molecule has 0 aromatic heterocycles. The molecule has 20 heavy (non-hydrogen) atoms. The number of rotatable bonds is 4. The van der Waals surface area contributed by atoms with Crippen LogP contribution in [0.25, 0.3) is 0 Å². The Kier molecular flexibility index (Phi) is 5.18. The first-order chi connectivity index (χ1) is 9.58. The Morgan fingerprint density at radius 3 is 2.60 bits per heavy atom. The monoisotopic (exact) mass is 274 g/mol. The molecule has 0 aliphatic carbocycles. The predicted octanol–water partition coefficient (Wildman–Crippen LogP) is 2.73. The number of aryl methyl sites for hydroxylation is 3. The molecule has 1 saturated heterocycles. The van der Waals surface area contributed by atoms with Crippen LogP contribution < -0.4 is 10.6 Å². The molecule has 1 heterocycles. The van der Waals surface area contributed by atoms with Crippen molar-refractivity contribution in [3.05, 3.63) is 34.4 Å². The number of carbonyl (C=O) groups excluding carboxylic acids is 1. The van der Waals surface area contributed by atoms with Crippen LogP contribution in [0.15, 0.2) is 12.1 Å². The summed E-state index contributed by atoms with van der Waals surface area (Å²) in [4.78, 5) is 12.3. The van der Waals surface area contributed by atoms with Crippen LogP contribution in [0.3, 0.4) is 0 Å². The van der Waals surface area contributed by atoms with Gasteiger partial charge in [0.15, 0.2) is 0 Å². The Labute approximate surface area is 122 Å². The Hall–Kier alpha value is -1.35. The molecule has 0 radical (unpaired) electrons. The average Bonchev–Trinajstić information content (AvgIpc) is 2.38. The summed E-state index contributed by atoms with van der Waals surface area (Å²) < 4.78 is 0. The van der Waals surface area contributed by atoms with Crippen LogP contribution in [-0.2, 0) is 0 Å². The van der Waals surface area contributed by atoms with Gasteiger partial charge in [0.1, 0.15) is 0 Å². The van der Waals surface area contributed by atoms with E-state index in [1.54, 1.807) is 0 Å². The van der Waals surface area contributed by atoms with Gasteiger partial charge in [-0.1, -0.05) is 17.7 Å². The van der Waals surface area contributed by atoms with Crippen LogP contribution >= 0.6 is 0 Å². The van der Waals surface area contributed by atoms with E-state index in [2.05, 4.69) is 29.7 Å². The van der Waals surface area contributed by atoms with Gasteiger partial charge in [-0.2, -0.15) is 0 Å². The smallest absolute Gasteiger partial charge is 0.251 e. The number of piperidine rings is 1. The molecule has 1 atom stereocenters. The summed E-state index contributed by atoms with van der Waals surface area (Å²) in [5.74, 6) is 0.785. The highest BCUT2D eigenvalue weighted by Crippen LogP contribution is 2.17. The van der Waals surface area contributed by atoms with Crippen molar-refractivity contribution in [3.63, 3.8) is 0 Å². The first-order valence-corrected chi connectivity index (χ1v) is 7.64. The maximum absolute atomic E-state index is 12.3. The molecule has 0 saturated carbocycles. The standard InChI is InChI=1S/C17H26N2O/c1-12-9-13(2)16(14(3)10-12)17(20)19-8-6-15-5-4-7-18-11-15/h9-10,15,18H,4-8,11H2,1-3H3,(H,19,20). The van der Waals surface area contributed by atoms with Crippen molar-refractivity contribution in [2.24, 2.45) is 5.92 Å². The summed E-state index contributed by atoms with van der Waals surface area (Å²) in [7, 11) is 0. The van der Waals surface area contributed by atoms with Gasteiger partial charge in [0.25, 0.3) is 5.91 Å². The van der Waals surface area contributed by atoms with Crippen LogP contribution in [0, 0.1) is 26.7 Å². The lowest BCUT2D eigenvalue weighted by atomic mass is 9.96. The molecule has 2 rings (SSSR count). The average molecular weight is 274 g/mol. The van der Waals surface area contributed by atoms with Gasteiger partial charge in [0.2, 0.25) is 0 Å². The van der Waals surface area contributed by atoms with Gasteiger partial charge in [-0.3, -0.25) is 4.79 Å². The molecular weight excluding hydrogens is 248 g/mol. The highest BCUT2D eigenvalue weighted by molar-refractivity contribution is 5.97. The van der Waals surface area contributed by atoms with Crippen molar-refractivity contribution in [1.82, 2.24) is 10.6 Å². The summed E-state index contributed by atoms with van der Waals surface area (Å²) in [5, 5.41) is 6.50. The fourth-order valence-electron chi connectivity index (χ4n) is 3.19. The third kappa shape index (κ3) is 3.83. The highest BCUT2D eigenvalue weighted by Gasteiger charge is 2.15. The zero-order chi connectivity index (χ0) is 14.5. The summed E-state index contributed by atoms with van der Waals surface area (Å²) in [5.41, 5.74) is 4.20. The molecule has 3 nitrogen and oxygen atoms in total. The van der Waals surface area contributed by atoms with Gasteiger partial charge in [0.05, 0.1) is 0 Å². The lowest BCUT2D eigenvalue weighted by Crippen LogP contribution is -2.33. The van der Waals surface area contributed by atoms with E-state index in [0.29, 0.717) is 5.92 Å². The van der Waals surface area contributed by atoms with Crippen molar-refractivity contribution >= 4 is 5.91 Å². The Morgan fingerprint density at radius 2 is 2.00 bits per heavy atom. The van der Waals surface area contributed by atoms with E-state index in [0.717, 1.165) is 42.7 Å². The van der Waals surface area contributed by atoms with Gasteiger partial charge < -0.3 is 10.6 Å². The maximum atomic E-state index is 12.3. The molecule has 0 bridgehead atoms. The number of benzene rings is 1. The SMILES string of the molecule is Cc1cc(C)c(C(=O)NCCC2CCCNC2)c(C)c1. The first-order valence-electron chi connectivity index (χ1n) is 7.64. The minimum Gasteiger partial charge on any atom is -0.352 e. The predicted molar refractivity (Wildman–Crippen MR) is 83.2 cm³/mol. The van der Waals surface area contributed by atoms with Gasteiger partial charge in [0, 0.05) is 12.1 Å². The van der Waals surface area contributed by atoms with Gasteiger partial charge in [-0.05, 0) is 70.2 Å². The molecule has 3 heteroatoms. The molecule has 1 amide bonds. The van der Waals surface area contributed by atoms with Gasteiger partial charge in [-0.15, -0.1) is 0 Å². The first kappa shape index (κ1) is 15.0. The third-order valence-corrected chi connectivity index (χ3v) is 4.14. The van der Waals surface area contributed by atoms with Crippen LogP contribution in [-0.4, -0.2) is 25.5 Å². The quantitative estimate of drug-likeness (QED) is 0.886. The van der Waals surface area contributed by atoms with Crippen LogP contribution in [0.1, 0.15) is 46.3 Å². The number of amides is 1. The van der Waals surface area contributed by atoms with Crippen molar-refractivity contribution < 1.29 is 4.79 Å². The van der Waals surface area contributed by atoms with Gasteiger partial charge >= 0.3 is 0 Å². The second kappa shape index (κ2) is 6.89. The fraction of sp³-hybridized carbons (Fsp3) is 0.588. The van der Waals surface area contributed by atoms with E-state index in [4.69, 9.17) is 0 Å². The minimum atomic E-state index is 0.0729. The summed E-state index contributed by atoms with van der Waals surface area (Å²) in [6, 6.07) is 4.15. The summed E-state index contributed by atoms with van der Waals surface area (Å²) in [6.07, 6.45) is 3.61. The molecule has 110 valence electrons. The largest absolute Gasteiger partial charge is 0.352 e. The number of carbonyl (C=O) groups is 1. The topological polar surface area (TPSA) is 41.1 Å². The Bertz CT molecular complexity index is 453. The number of hydrogen-bond donors (Lipinski definition) is 2. The van der Waals surface area contributed by atoms with E-state index in [9.17, 15) is 4.79 Å². The van der Waals surface area contributed by atoms with E-state index >= 15 is 0 Å². The second-order valence-corrected chi connectivity index (χ2v) is 6.03. The molecule has 2 N–H and O–H groups in total. The lowest BCUT2D eigenvalue weighted by Gasteiger charge is -2.22. The molecule has 0 spiro atoms. The zero-order valence-electron chi connectivity index (χ0n) is 12.9. The maximum Gasteiger partial charge on any atom is 0.251 e. The van der Waals surface area contributed by atoms with Crippen LogP contribution in [0.4, 0.5) is 0 Å². The molecule has 1 aliphatic heterocycles. The number of nitrogens with one attached hydrogen (secondary N) is 2. The Morgan fingerprint density at radius 1 is 1.30 bits per heavy atom. The minimum absolute atomic E-state index is 0.0729. The fourth-order valence-corrected chi connectivity index (χ4v) is 3.19. The molecule has 1 unspecified atom stereocenters. The number of hydrogen-bond acceptors (Lipinski definition) is 2.